The third-order valence-corrected chi connectivity index (χ3v) is 3.44. The van der Waals surface area contributed by atoms with E-state index in [-0.39, 0.29) is 28.1 Å². The Hall–Kier alpha value is -1.88. The first-order valence-electron chi connectivity index (χ1n) is 6.31. The van der Waals surface area contributed by atoms with Gasteiger partial charge in [-0.05, 0) is 31.5 Å². The quantitative estimate of drug-likeness (QED) is 0.736. The van der Waals surface area contributed by atoms with E-state index in [0.29, 0.717) is 0 Å². The standard InChI is InChI=1S/C14H17ClFN3O/c1-8(4-5-9-3-2-6-20-9)19-14-11(18)7-10(17)12(15)13(14)16/h2-3,6-8,19H,4-5,17-18H2,1H3. The van der Waals surface area contributed by atoms with Crippen LogP contribution in [0.3, 0.4) is 0 Å². The van der Waals surface area contributed by atoms with Crippen LogP contribution in [-0.4, -0.2) is 6.04 Å². The van der Waals surface area contributed by atoms with Gasteiger partial charge in [0.2, 0.25) is 0 Å². The van der Waals surface area contributed by atoms with E-state index in [2.05, 4.69) is 5.32 Å². The van der Waals surface area contributed by atoms with Gasteiger partial charge in [0.1, 0.15) is 10.8 Å². The zero-order valence-electron chi connectivity index (χ0n) is 11.1. The van der Waals surface area contributed by atoms with Crippen molar-refractivity contribution in [2.24, 2.45) is 0 Å². The van der Waals surface area contributed by atoms with Crippen LogP contribution in [0.2, 0.25) is 5.02 Å². The molecule has 1 atom stereocenters. The molecule has 20 heavy (non-hydrogen) atoms. The van der Waals surface area contributed by atoms with Crippen LogP contribution in [0.25, 0.3) is 0 Å². The van der Waals surface area contributed by atoms with E-state index in [1.165, 1.54) is 6.07 Å². The predicted molar refractivity (Wildman–Crippen MR) is 80.3 cm³/mol. The molecule has 1 aromatic carbocycles. The number of benzene rings is 1. The van der Waals surface area contributed by atoms with E-state index in [0.717, 1.165) is 18.6 Å². The molecule has 0 bridgehead atoms. The van der Waals surface area contributed by atoms with Gasteiger partial charge in [0.15, 0.2) is 5.82 Å². The van der Waals surface area contributed by atoms with Gasteiger partial charge in [-0.2, -0.15) is 0 Å². The van der Waals surface area contributed by atoms with Crippen molar-refractivity contribution in [3.63, 3.8) is 0 Å². The Morgan fingerprint density at radius 3 is 2.80 bits per heavy atom. The van der Waals surface area contributed by atoms with Crippen LogP contribution in [-0.2, 0) is 6.42 Å². The van der Waals surface area contributed by atoms with Crippen molar-refractivity contribution in [3.8, 4) is 0 Å². The van der Waals surface area contributed by atoms with Crippen LogP contribution in [0, 0.1) is 5.82 Å². The largest absolute Gasteiger partial charge is 0.469 e. The molecule has 1 heterocycles. The van der Waals surface area contributed by atoms with Crippen molar-refractivity contribution in [1.82, 2.24) is 0 Å². The molecule has 0 amide bonds. The van der Waals surface area contributed by atoms with Crippen LogP contribution in [0.4, 0.5) is 21.5 Å². The highest BCUT2D eigenvalue weighted by molar-refractivity contribution is 6.33. The van der Waals surface area contributed by atoms with E-state index in [1.54, 1.807) is 6.26 Å². The average Bonchev–Trinajstić information content (AvgIpc) is 2.92. The topological polar surface area (TPSA) is 77.2 Å². The summed E-state index contributed by atoms with van der Waals surface area (Å²) in [6.07, 6.45) is 3.16. The highest BCUT2D eigenvalue weighted by Crippen LogP contribution is 2.34. The van der Waals surface area contributed by atoms with Gasteiger partial charge in [0.05, 0.1) is 23.3 Å². The summed E-state index contributed by atoms with van der Waals surface area (Å²) < 4.78 is 19.3. The minimum atomic E-state index is -0.617. The van der Waals surface area contributed by atoms with Crippen LogP contribution < -0.4 is 16.8 Å². The molecule has 6 heteroatoms. The van der Waals surface area contributed by atoms with Gasteiger partial charge in [-0.15, -0.1) is 0 Å². The molecule has 0 fully saturated rings. The molecule has 0 aliphatic heterocycles. The maximum Gasteiger partial charge on any atom is 0.169 e. The van der Waals surface area contributed by atoms with Crippen molar-refractivity contribution >= 4 is 28.7 Å². The minimum absolute atomic E-state index is 0.0107. The summed E-state index contributed by atoms with van der Waals surface area (Å²) >= 11 is 5.79. The van der Waals surface area contributed by atoms with Gasteiger partial charge in [-0.1, -0.05) is 11.6 Å². The molecule has 0 aliphatic rings. The Morgan fingerprint density at radius 2 is 2.15 bits per heavy atom. The number of rotatable bonds is 5. The lowest BCUT2D eigenvalue weighted by molar-refractivity contribution is 0.494. The van der Waals surface area contributed by atoms with Crippen molar-refractivity contribution < 1.29 is 8.81 Å². The lowest BCUT2D eigenvalue weighted by Gasteiger charge is -2.18. The van der Waals surface area contributed by atoms with Crippen molar-refractivity contribution in [3.05, 3.63) is 41.1 Å². The number of furan rings is 1. The number of halogens is 2. The molecule has 4 nitrogen and oxygen atoms in total. The highest BCUT2D eigenvalue weighted by Gasteiger charge is 2.16. The lowest BCUT2D eigenvalue weighted by Crippen LogP contribution is -2.18. The molecule has 0 aliphatic carbocycles. The number of hydrogen-bond donors (Lipinski definition) is 3. The zero-order chi connectivity index (χ0) is 14.7. The number of anilines is 3. The molecular weight excluding hydrogens is 281 g/mol. The summed E-state index contributed by atoms with van der Waals surface area (Å²) in [5, 5.41) is 2.92. The summed E-state index contributed by atoms with van der Waals surface area (Å²) in [4.78, 5) is 0. The first kappa shape index (κ1) is 14.5. The Balaban J connectivity index is 2.04. The molecule has 0 spiro atoms. The fraction of sp³-hybridized carbons (Fsp3) is 0.286. The van der Waals surface area contributed by atoms with Crippen LogP contribution in [0.1, 0.15) is 19.1 Å². The van der Waals surface area contributed by atoms with Gasteiger partial charge >= 0.3 is 0 Å². The normalized spacial score (nSPS) is 12.3. The number of nitrogens with one attached hydrogen (secondary N) is 1. The second-order valence-electron chi connectivity index (χ2n) is 4.72. The van der Waals surface area contributed by atoms with E-state index < -0.39 is 5.82 Å². The SMILES string of the molecule is CC(CCc1ccco1)Nc1c(N)cc(N)c(Cl)c1F. The van der Waals surface area contributed by atoms with Crippen molar-refractivity contribution in [1.29, 1.82) is 0 Å². The van der Waals surface area contributed by atoms with E-state index in [4.69, 9.17) is 27.5 Å². The third kappa shape index (κ3) is 3.17. The molecule has 0 saturated carbocycles. The molecule has 1 aromatic heterocycles. The fourth-order valence-electron chi connectivity index (χ4n) is 1.95. The van der Waals surface area contributed by atoms with Crippen LogP contribution in [0.15, 0.2) is 28.9 Å². The fourth-order valence-corrected chi connectivity index (χ4v) is 2.09. The molecule has 0 saturated heterocycles. The second-order valence-corrected chi connectivity index (χ2v) is 5.10. The smallest absolute Gasteiger partial charge is 0.169 e. The van der Waals surface area contributed by atoms with Gasteiger partial charge in [-0.25, -0.2) is 4.39 Å². The average molecular weight is 298 g/mol. The summed E-state index contributed by atoms with van der Waals surface area (Å²) in [6, 6.07) is 5.20. The summed E-state index contributed by atoms with van der Waals surface area (Å²) in [7, 11) is 0. The minimum Gasteiger partial charge on any atom is -0.469 e. The van der Waals surface area contributed by atoms with Crippen LogP contribution in [0.5, 0.6) is 0 Å². The maximum absolute atomic E-state index is 14.0. The van der Waals surface area contributed by atoms with Crippen molar-refractivity contribution in [2.45, 2.75) is 25.8 Å². The zero-order valence-corrected chi connectivity index (χ0v) is 11.9. The number of nitrogen functional groups attached to an aromatic ring is 2. The molecule has 2 aromatic rings. The summed E-state index contributed by atoms with van der Waals surface area (Å²) in [6.45, 7) is 1.94. The Kier molecular flexibility index (Phi) is 4.39. The molecule has 0 radical (unpaired) electrons. The summed E-state index contributed by atoms with van der Waals surface area (Å²) in [5.74, 6) is 0.274. The first-order valence-corrected chi connectivity index (χ1v) is 6.68. The van der Waals surface area contributed by atoms with Gasteiger partial charge < -0.3 is 21.2 Å². The second kappa shape index (κ2) is 6.05. The Labute approximate surface area is 121 Å². The van der Waals surface area contributed by atoms with Gasteiger partial charge in [0.25, 0.3) is 0 Å². The molecule has 108 valence electrons. The molecule has 1 unspecified atom stereocenters. The monoisotopic (exact) mass is 297 g/mol. The molecular formula is C14H17ClFN3O. The molecule has 2 rings (SSSR count). The molecule has 5 N–H and O–H groups in total. The lowest BCUT2D eigenvalue weighted by atomic mass is 10.1. The number of nitrogens with two attached hydrogens (primary N) is 2. The third-order valence-electron chi connectivity index (χ3n) is 3.06. The van der Waals surface area contributed by atoms with Crippen LogP contribution >= 0.6 is 11.6 Å². The maximum atomic E-state index is 14.0. The van der Waals surface area contributed by atoms with Crippen molar-refractivity contribution in [2.75, 3.05) is 16.8 Å². The Bertz CT molecular complexity index is 587. The number of hydrogen-bond acceptors (Lipinski definition) is 4. The first-order chi connectivity index (χ1) is 9.49. The van der Waals surface area contributed by atoms with E-state index in [9.17, 15) is 4.39 Å². The Morgan fingerprint density at radius 1 is 1.40 bits per heavy atom. The van der Waals surface area contributed by atoms with Gasteiger partial charge in [-0.3, -0.25) is 0 Å². The predicted octanol–water partition coefficient (Wildman–Crippen LogP) is 3.67. The van der Waals surface area contributed by atoms with E-state index in [1.807, 2.05) is 19.1 Å². The number of aryl methyl sites for hydroxylation is 1. The van der Waals surface area contributed by atoms with E-state index >= 15 is 0 Å². The highest BCUT2D eigenvalue weighted by atomic mass is 35.5. The summed E-state index contributed by atoms with van der Waals surface area (Å²) in [5.41, 5.74) is 11.9. The van der Waals surface area contributed by atoms with Gasteiger partial charge in [0, 0.05) is 12.5 Å².